The van der Waals surface area contributed by atoms with E-state index in [4.69, 9.17) is 9.47 Å². The fourth-order valence-corrected chi connectivity index (χ4v) is 3.59. The normalized spacial score (nSPS) is 11.1. The second-order valence-electron chi connectivity index (χ2n) is 6.37. The van der Waals surface area contributed by atoms with E-state index in [1.807, 2.05) is 32.9 Å². The van der Waals surface area contributed by atoms with E-state index in [1.54, 1.807) is 12.1 Å². The van der Waals surface area contributed by atoms with E-state index in [2.05, 4.69) is 10.0 Å². The van der Waals surface area contributed by atoms with Crippen molar-refractivity contribution in [2.45, 2.75) is 25.7 Å². The minimum absolute atomic E-state index is 0.0720. The van der Waals surface area contributed by atoms with Crippen LogP contribution >= 0.6 is 0 Å². The number of hydrogen-bond donors (Lipinski definition) is 2. The van der Waals surface area contributed by atoms with Gasteiger partial charge in [-0.3, -0.25) is 4.79 Å². The van der Waals surface area contributed by atoms with Gasteiger partial charge in [0, 0.05) is 13.1 Å². The Morgan fingerprint density at radius 1 is 0.964 bits per heavy atom. The number of carbonyl (C=O) groups is 1. The molecule has 0 radical (unpaired) electrons. The van der Waals surface area contributed by atoms with Crippen LogP contribution in [0, 0.1) is 20.8 Å². The van der Waals surface area contributed by atoms with Crippen molar-refractivity contribution in [2.75, 3.05) is 26.8 Å². The van der Waals surface area contributed by atoms with Crippen LogP contribution in [0.3, 0.4) is 0 Å². The molecule has 0 fully saturated rings. The van der Waals surface area contributed by atoms with Gasteiger partial charge in [-0.1, -0.05) is 12.1 Å². The predicted molar refractivity (Wildman–Crippen MR) is 107 cm³/mol. The van der Waals surface area contributed by atoms with Gasteiger partial charge in [-0.2, -0.15) is 0 Å². The van der Waals surface area contributed by atoms with Gasteiger partial charge in [-0.15, -0.1) is 0 Å². The minimum atomic E-state index is -3.64. The fourth-order valence-electron chi connectivity index (χ4n) is 2.56. The molecule has 0 bridgehead atoms. The highest BCUT2D eigenvalue weighted by Crippen LogP contribution is 2.25. The smallest absolute Gasteiger partial charge is 0.257 e. The SMILES string of the molecule is COc1ccc(S(=O)(=O)NCCNC(=O)COc2c(C)ccc(C)c2C)cc1. The van der Waals surface area contributed by atoms with E-state index in [-0.39, 0.29) is 30.5 Å². The average molecular weight is 407 g/mol. The van der Waals surface area contributed by atoms with Crippen molar-refractivity contribution in [1.29, 1.82) is 0 Å². The van der Waals surface area contributed by atoms with Crippen molar-refractivity contribution in [3.05, 3.63) is 53.1 Å². The molecule has 0 unspecified atom stereocenters. The van der Waals surface area contributed by atoms with E-state index >= 15 is 0 Å². The van der Waals surface area contributed by atoms with Gasteiger partial charge < -0.3 is 14.8 Å². The van der Waals surface area contributed by atoms with Crippen molar-refractivity contribution in [1.82, 2.24) is 10.0 Å². The van der Waals surface area contributed by atoms with Crippen LogP contribution in [-0.2, 0) is 14.8 Å². The van der Waals surface area contributed by atoms with Gasteiger partial charge in [-0.05, 0) is 61.7 Å². The van der Waals surface area contributed by atoms with Gasteiger partial charge in [0.15, 0.2) is 6.61 Å². The number of hydrogen-bond acceptors (Lipinski definition) is 5. The zero-order valence-electron chi connectivity index (χ0n) is 16.5. The largest absolute Gasteiger partial charge is 0.497 e. The van der Waals surface area contributed by atoms with Gasteiger partial charge in [0.25, 0.3) is 5.91 Å². The first-order chi connectivity index (χ1) is 13.2. The monoisotopic (exact) mass is 406 g/mol. The second kappa shape index (κ2) is 9.57. The van der Waals surface area contributed by atoms with Crippen molar-refractivity contribution in [2.24, 2.45) is 0 Å². The maximum absolute atomic E-state index is 12.2. The zero-order chi connectivity index (χ0) is 20.7. The van der Waals surface area contributed by atoms with Crippen LogP contribution in [0.15, 0.2) is 41.3 Å². The number of rotatable bonds is 9. The van der Waals surface area contributed by atoms with Gasteiger partial charge >= 0.3 is 0 Å². The molecule has 0 aliphatic rings. The summed E-state index contributed by atoms with van der Waals surface area (Å²) in [4.78, 5) is 12.1. The van der Waals surface area contributed by atoms with Crippen LogP contribution in [0.5, 0.6) is 11.5 Å². The van der Waals surface area contributed by atoms with E-state index in [1.165, 1.54) is 19.2 Å². The van der Waals surface area contributed by atoms with Crippen molar-refractivity contribution in [3.63, 3.8) is 0 Å². The summed E-state index contributed by atoms with van der Waals surface area (Å²) in [7, 11) is -2.13. The standard InChI is InChI=1S/C20H26N2O5S/c1-14-5-6-15(2)20(16(14)3)27-13-19(23)21-11-12-22-28(24,25)18-9-7-17(26-4)8-10-18/h5-10,22H,11-13H2,1-4H3,(H,21,23). The highest BCUT2D eigenvalue weighted by molar-refractivity contribution is 7.89. The lowest BCUT2D eigenvalue weighted by Gasteiger charge is -2.14. The summed E-state index contributed by atoms with van der Waals surface area (Å²) < 4.78 is 37.5. The summed E-state index contributed by atoms with van der Waals surface area (Å²) >= 11 is 0. The Labute approximate surface area is 166 Å². The molecule has 0 aliphatic heterocycles. The number of methoxy groups -OCH3 is 1. The Bertz CT molecular complexity index is 924. The van der Waals surface area contributed by atoms with Gasteiger partial charge in [0.1, 0.15) is 11.5 Å². The molecule has 0 saturated heterocycles. The number of sulfonamides is 1. The molecular formula is C20H26N2O5S. The Morgan fingerprint density at radius 3 is 2.25 bits per heavy atom. The number of ether oxygens (including phenoxy) is 2. The molecule has 0 atom stereocenters. The molecule has 0 aliphatic carbocycles. The van der Waals surface area contributed by atoms with E-state index in [0.29, 0.717) is 11.5 Å². The lowest BCUT2D eigenvalue weighted by Crippen LogP contribution is -2.36. The maximum Gasteiger partial charge on any atom is 0.257 e. The van der Waals surface area contributed by atoms with Crippen LogP contribution in [-0.4, -0.2) is 41.1 Å². The third kappa shape index (κ3) is 5.71. The molecule has 1 amide bonds. The maximum atomic E-state index is 12.2. The Kier molecular flexibility index (Phi) is 7.42. The second-order valence-corrected chi connectivity index (χ2v) is 8.13. The Hall–Kier alpha value is -2.58. The predicted octanol–water partition coefficient (Wildman–Crippen LogP) is 2.09. The number of nitrogens with one attached hydrogen (secondary N) is 2. The fraction of sp³-hybridized carbons (Fsp3) is 0.350. The molecule has 28 heavy (non-hydrogen) atoms. The van der Waals surface area contributed by atoms with E-state index < -0.39 is 10.0 Å². The van der Waals surface area contributed by atoms with Crippen LogP contribution < -0.4 is 19.5 Å². The van der Waals surface area contributed by atoms with Gasteiger partial charge in [-0.25, -0.2) is 13.1 Å². The Balaban J connectivity index is 1.78. The van der Waals surface area contributed by atoms with Crippen LogP contribution in [0.2, 0.25) is 0 Å². The number of benzene rings is 2. The molecule has 8 heteroatoms. The van der Waals surface area contributed by atoms with Crippen LogP contribution in [0.25, 0.3) is 0 Å². The lowest BCUT2D eigenvalue weighted by atomic mass is 10.1. The quantitative estimate of drug-likeness (QED) is 0.622. The minimum Gasteiger partial charge on any atom is -0.497 e. The van der Waals surface area contributed by atoms with Crippen LogP contribution in [0.1, 0.15) is 16.7 Å². The molecule has 152 valence electrons. The number of carbonyl (C=O) groups excluding carboxylic acids is 1. The molecule has 0 spiro atoms. The summed E-state index contributed by atoms with van der Waals surface area (Å²) in [6, 6.07) is 10.0. The number of aryl methyl sites for hydroxylation is 2. The first-order valence-electron chi connectivity index (χ1n) is 8.84. The molecule has 0 aromatic heterocycles. The highest BCUT2D eigenvalue weighted by Gasteiger charge is 2.14. The molecule has 0 saturated carbocycles. The molecule has 2 N–H and O–H groups in total. The van der Waals surface area contributed by atoms with Crippen molar-refractivity contribution < 1.29 is 22.7 Å². The molecule has 2 aromatic carbocycles. The average Bonchev–Trinajstić information content (AvgIpc) is 2.68. The molecule has 0 heterocycles. The summed E-state index contributed by atoms with van der Waals surface area (Å²) in [6.07, 6.45) is 0. The van der Waals surface area contributed by atoms with E-state index in [0.717, 1.165) is 16.7 Å². The molecular weight excluding hydrogens is 380 g/mol. The van der Waals surface area contributed by atoms with Crippen LogP contribution in [0.4, 0.5) is 0 Å². The van der Waals surface area contributed by atoms with Gasteiger partial charge in [0.05, 0.1) is 12.0 Å². The first-order valence-corrected chi connectivity index (χ1v) is 10.3. The van der Waals surface area contributed by atoms with Crippen molar-refractivity contribution >= 4 is 15.9 Å². The molecule has 7 nitrogen and oxygen atoms in total. The summed E-state index contributed by atoms with van der Waals surface area (Å²) in [6.45, 7) is 5.95. The first kappa shape index (κ1) is 21.7. The Morgan fingerprint density at radius 2 is 1.61 bits per heavy atom. The molecule has 2 aromatic rings. The zero-order valence-corrected chi connectivity index (χ0v) is 17.4. The summed E-state index contributed by atoms with van der Waals surface area (Å²) in [5, 5.41) is 2.64. The summed E-state index contributed by atoms with van der Waals surface area (Å²) in [5.41, 5.74) is 3.05. The number of amides is 1. The van der Waals surface area contributed by atoms with Gasteiger partial charge in [0.2, 0.25) is 10.0 Å². The molecule has 2 rings (SSSR count). The summed E-state index contributed by atoms with van der Waals surface area (Å²) in [5.74, 6) is 0.963. The highest BCUT2D eigenvalue weighted by atomic mass is 32.2. The lowest BCUT2D eigenvalue weighted by molar-refractivity contribution is -0.123. The van der Waals surface area contributed by atoms with E-state index in [9.17, 15) is 13.2 Å². The third-order valence-corrected chi connectivity index (χ3v) is 5.81. The van der Waals surface area contributed by atoms with Crippen molar-refractivity contribution in [3.8, 4) is 11.5 Å². The topological polar surface area (TPSA) is 93.7 Å². The third-order valence-electron chi connectivity index (χ3n) is 4.33.